The normalized spacial score (nSPS) is 9.94. The summed E-state index contributed by atoms with van der Waals surface area (Å²) in [7, 11) is 0. The van der Waals surface area contributed by atoms with Crippen molar-refractivity contribution in [2.45, 2.75) is 6.92 Å². The lowest BCUT2D eigenvalue weighted by atomic mass is 10.0. The second-order valence-electron chi connectivity index (χ2n) is 3.78. The fraction of sp³-hybridized carbons (Fsp3) is 0.0714. The molecule has 0 aliphatic rings. The summed E-state index contributed by atoms with van der Waals surface area (Å²) >= 11 is 0. The third-order valence-corrected chi connectivity index (χ3v) is 2.63. The number of phenols is 1. The summed E-state index contributed by atoms with van der Waals surface area (Å²) in [4.78, 5) is 0. The van der Waals surface area contributed by atoms with E-state index < -0.39 is 5.82 Å². The number of nitrogens with zero attached hydrogens (tertiary/aromatic N) is 1. The van der Waals surface area contributed by atoms with Gasteiger partial charge in [0.15, 0.2) is 0 Å². The van der Waals surface area contributed by atoms with Gasteiger partial charge in [-0.3, -0.25) is 0 Å². The van der Waals surface area contributed by atoms with E-state index >= 15 is 0 Å². The van der Waals surface area contributed by atoms with E-state index in [0.29, 0.717) is 16.7 Å². The highest BCUT2D eigenvalue weighted by Crippen LogP contribution is 2.33. The van der Waals surface area contributed by atoms with Crippen molar-refractivity contribution < 1.29 is 9.50 Å². The zero-order valence-corrected chi connectivity index (χ0v) is 9.24. The van der Waals surface area contributed by atoms with Crippen LogP contribution in [0.5, 0.6) is 5.75 Å². The zero-order chi connectivity index (χ0) is 12.4. The minimum absolute atomic E-state index is 0.0658. The number of hydrogen-bond donors (Lipinski definition) is 1. The number of aromatic hydroxyl groups is 1. The van der Waals surface area contributed by atoms with Gasteiger partial charge in [0.1, 0.15) is 11.6 Å². The van der Waals surface area contributed by atoms with Crippen molar-refractivity contribution >= 4 is 0 Å². The smallest absolute Gasteiger partial charge is 0.132 e. The minimum atomic E-state index is -0.509. The van der Waals surface area contributed by atoms with Crippen LogP contribution in [0.3, 0.4) is 0 Å². The van der Waals surface area contributed by atoms with E-state index in [9.17, 15) is 9.50 Å². The molecule has 0 unspecified atom stereocenters. The second-order valence-corrected chi connectivity index (χ2v) is 3.78. The maximum Gasteiger partial charge on any atom is 0.132 e. The molecule has 0 saturated heterocycles. The molecule has 17 heavy (non-hydrogen) atoms. The van der Waals surface area contributed by atoms with Gasteiger partial charge >= 0.3 is 0 Å². The molecule has 84 valence electrons. The lowest BCUT2D eigenvalue weighted by molar-refractivity contribution is 0.472. The van der Waals surface area contributed by atoms with Gasteiger partial charge in [-0.05, 0) is 30.7 Å². The Balaban J connectivity index is 2.62. The maximum absolute atomic E-state index is 13.8. The predicted molar refractivity (Wildman–Crippen MR) is 63.0 cm³/mol. The monoisotopic (exact) mass is 227 g/mol. The Hall–Kier alpha value is -2.34. The summed E-state index contributed by atoms with van der Waals surface area (Å²) in [6.45, 7) is 1.75. The Kier molecular flexibility index (Phi) is 2.80. The van der Waals surface area contributed by atoms with Crippen LogP contribution >= 0.6 is 0 Å². The summed E-state index contributed by atoms with van der Waals surface area (Å²) in [5.41, 5.74) is 1.68. The molecular weight excluding hydrogens is 217 g/mol. The Bertz CT molecular complexity index is 614. The van der Waals surface area contributed by atoms with E-state index in [-0.39, 0.29) is 11.3 Å². The van der Waals surface area contributed by atoms with Crippen molar-refractivity contribution in [3.63, 3.8) is 0 Å². The highest BCUT2D eigenvalue weighted by molar-refractivity contribution is 5.72. The molecule has 0 aliphatic heterocycles. The minimum Gasteiger partial charge on any atom is -0.507 e. The van der Waals surface area contributed by atoms with Crippen LogP contribution in [-0.2, 0) is 0 Å². The van der Waals surface area contributed by atoms with Crippen molar-refractivity contribution in [3.05, 3.63) is 53.3 Å². The van der Waals surface area contributed by atoms with Crippen molar-refractivity contribution in [2.24, 2.45) is 0 Å². The van der Waals surface area contributed by atoms with Crippen molar-refractivity contribution in [3.8, 4) is 22.9 Å². The summed E-state index contributed by atoms with van der Waals surface area (Å²) in [5, 5.41) is 18.5. The third-order valence-electron chi connectivity index (χ3n) is 2.63. The number of phenolic OH excluding ortho intramolecular Hbond substituents is 1. The molecule has 0 aliphatic carbocycles. The number of nitriles is 1. The van der Waals surface area contributed by atoms with E-state index in [4.69, 9.17) is 5.26 Å². The molecule has 2 aromatic carbocycles. The van der Waals surface area contributed by atoms with Gasteiger partial charge in [0.05, 0.1) is 11.6 Å². The number of benzene rings is 2. The van der Waals surface area contributed by atoms with Gasteiger partial charge in [0, 0.05) is 11.1 Å². The standard InChI is InChI=1S/C14H10FNO/c1-9-3-2-4-12(14(9)17)11-6-5-10(8-16)7-13(11)15/h2-7,17H,1H3. The number of rotatable bonds is 1. The van der Waals surface area contributed by atoms with E-state index in [1.807, 2.05) is 6.07 Å². The third kappa shape index (κ3) is 1.98. The summed E-state index contributed by atoms with van der Waals surface area (Å²) in [6, 6.07) is 11.2. The molecule has 2 aromatic rings. The molecule has 3 heteroatoms. The Labute approximate surface area is 98.6 Å². The Morgan fingerprint density at radius 3 is 2.59 bits per heavy atom. The Morgan fingerprint density at radius 2 is 1.94 bits per heavy atom. The van der Waals surface area contributed by atoms with Crippen LogP contribution in [0.4, 0.5) is 4.39 Å². The number of aryl methyl sites for hydroxylation is 1. The predicted octanol–water partition coefficient (Wildman–Crippen LogP) is 3.38. The first-order chi connectivity index (χ1) is 8.13. The van der Waals surface area contributed by atoms with Crippen LogP contribution in [0.2, 0.25) is 0 Å². The molecule has 0 heterocycles. The van der Waals surface area contributed by atoms with Crippen LogP contribution in [0.1, 0.15) is 11.1 Å². The summed E-state index contributed by atoms with van der Waals surface area (Å²) < 4.78 is 13.8. The van der Waals surface area contributed by atoms with Gasteiger partial charge in [-0.1, -0.05) is 18.2 Å². The highest BCUT2D eigenvalue weighted by atomic mass is 19.1. The van der Waals surface area contributed by atoms with Crippen LogP contribution in [0.15, 0.2) is 36.4 Å². The van der Waals surface area contributed by atoms with Crippen molar-refractivity contribution in [1.82, 2.24) is 0 Å². The molecule has 2 rings (SSSR count). The number of para-hydroxylation sites is 1. The second kappa shape index (κ2) is 4.26. The van der Waals surface area contributed by atoms with Gasteiger partial charge in [-0.15, -0.1) is 0 Å². The number of halogens is 1. The molecule has 2 nitrogen and oxygen atoms in total. The molecule has 0 aromatic heterocycles. The molecule has 0 spiro atoms. The number of hydrogen-bond acceptors (Lipinski definition) is 2. The zero-order valence-electron chi connectivity index (χ0n) is 9.24. The first kappa shape index (κ1) is 11.2. The van der Waals surface area contributed by atoms with Crippen molar-refractivity contribution in [2.75, 3.05) is 0 Å². The lowest BCUT2D eigenvalue weighted by Crippen LogP contribution is -1.88. The topological polar surface area (TPSA) is 44.0 Å². The fourth-order valence-electron chi connectivity index (χ4n) is 1.68. The van der Waals surface area contributed by atoms with E-state index in [0.717, 1.165) is 6.07 Å². The van der Waals surface area contributed by atoms with Crippen LogP contribution in [0, 0.1) is 24.1 Å². The average molecular weight is 227 g/mol. The summed E-state index contributed by atoms with van der Waals surface area (Å²) in [5.74, 6) is -0.443. The Morgan fingerprint density at radius 1 is 1.18 bits per heavy atom. The molecule has 0 saturated carbocycles. The first-order valence-electron chi connectivity index (χ1n) is 5.12. The largest absolute Gasteiger partial charge is 0.507 e. The average Bonchev–Trinajstić information content (AvgIpc) is 2.33. The van der Waals surface area contributed by atoms with Crippen LogP contribution in [-0.4, -0.2) is 5.11 Å². The SMILES string of the molecule is Cc1cccc(-c2ccc(C#N)cc2F)c1O. The molecule has 0 bridgehead atoms. The molecule has 0 amide bonds. The molecule has 0 atom stereocenters. The van der Waals surface area contributed by atoms with E-state index in [1.54, 1.807) is 25.1 Å². The first-order valence-corrected chi connectivity index (χ1v) is 5.12. The fourth-order valence-corrected chi connectivity index (χ4v) is 1.68. The van der Waals surface area contributed by atoms with Gasteiger partial charge in [0.2, 0.25) is 0 Å². The molecule has 1 N–H and O–H groups in total. The van der Waals surface area contributed by atoms with Gasteiger partial charge in [-0.2, -0.15) is 5.26 Å². The molecular formula is C14H10FNO. The summed E-state index contributed by atoms with van der Waals surface area (Å²) in [6.07, 6.45) is 0. The maximum atomic E-state index is 13.8. The highest BCUT2D eigenvalue weighted by Gasteiger charge is 2.11. The molecule has 0 fully saturated rings. The van der Waals surface area contributed by atoms with Crippen LogP contribution < -0.4 is 0 Å². The molecule has 0 radical (unpaired) electrons. The van der Waals surface area contributed by atoms with E-state index in [1.165, 1.54) is 12.1 Å². The van der Waals surface area contributed by atoms with E-state index in [2.05, 4.69) is 0 Å². The van der Waals surface area contributed by atoms with Gasteiger partial charge in [-0.25, -0.2) is 4.39 Å². The van der Waals surface area contributed by atoms with Crippen LogP contribution in [0.25, 0.3) is 11.1 Å². The van der Waals surface area contributed by atoms with Gasteiger partial charge < -0.3 is 5.11 Å². The van der Waals surface area contributed by atoms with Gasteiger partial charge in [0.25, 0.3) is 0 Å². The quantitative estimate of drug-likeness (QED) is 0.811. The lowest BCUT2D eigenvalue weighted by Gasteiger charge is -2.08. The van der Waals surface area contributed by atoms with Crippen molar-refractivity contribution in [1.29, 1.82) is 5.26 Å².